The van der Waals surface area contributed by atoms with Crippen molar-refractivity contribution >= 4 is 0 Å². The fourth-order valence-corrected chi connectivity index (χ4v) is 2.16. The predicted octanol–water partition coefficient (Wildman–Crippen LogP) is 2.99. The minimum Gasteiger partial charge on any atom is -0.478 e. The third-order valence-corrected chi connectivity index (χ3v) is 3.37. The average molecular weight is 222 g/mol. The van der Waals surface area contributed by atoms with Crippen LogP contribution in [-0.4, -0.2) is 16.4 Å². The van der Waals surface area contributed by atoms with Crippen LogP contribution >= 0.6 is 0 Å². The van der Waals surface area contributed by atoms with E-state index in [0.717, 1.165) is 25.5 Å². The minimum atomic E-state index is 0.111. The number of hydrogen-bond acceptors (Lipinski definition) is 2. The van der Waals surface area contributed by atoms with Crippen LogP contribution in [0.2, 0.25) is 0 Å². The zero-order valence-corrected chi connectivity index (χ0v) is 10.8. The summed E-state index contributed by atoms with van der Waals surface area (Å²) in [4.78, 5) is 0. The second kappa shape index (κ2) is 4.11. The van der Waals surface area contributed by atoms with Crippen LogP contribution < -0.4 is 4.74 Å². The van der Waals surface area contributed by atoms with E-state index in [9.17, 15) is 0 Å². The summed E-state index contributed by atoms with van der Waals surface area (Å²) in [7, 11) is 0. The van der Waals surface area contributed by atoms with Gasteiger partial charge in [0.15, 0.2) is 0 Å². The first-order valence-corrected chi connectivity index (χ1v) is 6.21. The van der Waals surface area contributed by atoms with E-state index in [2.05, 4.69) is 32.8 Å². The second-order valence-corrected chi connectivity index (χ2v) is 5.71. The minimum absolute atomic E-state index is 0.111. The van der Waals surface area contributed by atoms with E-state index in [1.165, 1.54) is 12.0 Å². The van der Waals surface area contributed by atoms with Crippen LogP contribution in [0.5, 0.6) is 5.88 Å². The fourth-order valence-electron chi connectivity index (χ4n) is 2.16. The molecule has 3 nitrogen and oxygen atoms in total. The van der Waals surface area contributed by atoms with Gasteiger partial charge < -0.3 is 4.74 Å². The van der Waals surface area contributed by atoms with E-state index in [-0.39, 0.29) is 5.41 Å². The maximum atomic E-state index is 5.88. The molecule has 1 atom stereocenters. The molecule has 0 spiro atoms. The molecule has 2 heterocycles. The largest absolute Gasteiger partial charge is 0.478 e. The van der Waals surface area contributed by atoms with E-state index in [4.69, 9.17) is 4.74 Å². The van der Waals surface area contributed by atoms with Crippen LogP contribution in [-0.2, 0) is 12.0 Å². The van der Waals surface area contributed by atoms with E-state index in [1.807, 2.05) is 10.9 Å². The third-order valence-electron chi connectivity index (χ3n) is 3.37. The molecule has 0 aromatic carbocycles. The summed E-state index contributed by atoms with van der Waals surface area (Å²) in [6, 6.07) is 0. The fraction of sp³-hybridized carbons (Fsp3) is 0.769. The van der Waals surface area contributed by atoms with Gasteiger partial charge in [0.1, 0.15) is 0 Å². The van der Waals surface area contributed by atoms with Gasteiger partial charge in [0.05, 0.1) is 12.8 Å². The van der Waals surface area contributed by atoms with Crippen molar-refractivity contribution in [2.45, 2.75) is 52.5 Å². The molecule has 0 saturated heterocycles. The van der Waals surface area contributed by atoms with Crippen LogP contribution in [0, 0.1) is 5.92 Å². The Morgan fingerprint density at radius 3 is 2.88 bits per heavy atom. The number of nitrogens with zero attached hydrogens (tertiary/aromatic N) is 2. The van der Waals surface area contributed by atoms with Crippen molar-refractivity contribution in [3.8, 4) is 5.88 Å². The molecule has 0 radical (unpaired) electrons. The average Bonchev–Trinajstić information content (AvgIpc) is 2.49. The highest BCUT2D eigenvalue weighted by atomic mass is 16.5. The molecule has 90 valence electrons. The molecule has 16 heavy (non-hydrogen) atoms. The number of ether oxygens (including phenoxy) is 1. The molecule has 1 aromatic rings. The summed E-state index contributed by atoms with van der Waals surface area (Å²) in [5.74, 6) is 1.69. The van der Waals surface area contributed by atoms with Gasteiger partial charge in [-0.3, -0.25) is 0 Å². The molecule has 0 bridgehead atoms. The zero-order chi connectivity index (χ0) is 11.8. The lowest BCUT2D eigenvalue weighted by molar-refractivity contribution is 0.284. The van der Waals surface area contributed by atoms with E-state index in [0.29, 0.717) is 5.92 Å². The normalized spacial score (nSPS) is 21.1. The van der Waals surface area contributed by atoms with Crippen molar-refractivity contribution in [3.63, 3.8) is 0 Å². The van der Waals surface area contributed by atoms with Crippen molar-refractivity contribution in [3.05, 3.63) is 11.8 Å². The molecule has 0 saturated carbocycles. The predicted molar refractivity (Wildman–Crippen MR) is 64.8 cm³/mol. The quantitative estimate of drug-likeness (QED) is 0.730. The molecule has 1 aliphatic rings. The molecule has 0 fully saturated rings. The first kappa shape index (κ1) is 11.5. The van der Waals surface area contributed by atoms with Crippen molar-refractivity contribution < 1.29 is 4.74 Å². The summed E-state index contributed by atoms with van der Waals surface area (Å²) in [5.41, 5.74) is 1.34. The maximum absolute atomic E-state index is 5.88. The standard InChI is InChI=1S/C13H22N2O/c1-5-10-6-7-16-12-11(13(2,3)4)8-14-15(12)9-10/h8,10H,5-7,9H2,1-4H3/t10-/m0/s1. The number of hydrogen-bond donors (Lipinski definition) is 0. The van der Waals surface area contributed by atoms with E-state index >= 15 is 0 Å². The number of rotatable bonds is 1. The van der Waals surface area contributed by atoms with Gasteiger partial charge in [0.25, 0.3) is 0 Å². The number of fused-ring (bicyclic) bond motifs is 1. The van der Waals surface area contributed by atoms with Crippen molar-refractivity contribution in [2.24, 2.45) is 5.92 Å². The van der Waals surface area contributed by atoms with Crippen molar-refractivity contribution in [1.82, 2.24) is 9.78 Å². The highest BCUT2D eigenvalue weighted by Gasteiger charge is 2.26. The Kier molecular flexibility index (Phi) is 2.96. The van der Waals surface area contributed by atoms with Crippen LogP contribution in [0.4, 0.5) is 0 Å². The summed E-state index contributed by atoms with van der Waals surface area (Å²) in [5, 5.41) is 4.47. The molecule has 2 rings (SSSR count). The number of aromatic nitrogens is 2. The third kappa shape index (κ3) is 2.08. The van der Waals surface area contributed by atoms with E-state index in [1.54, 1.807) is 0 Å². The van der Waals surface area contributed by atoms with Crippen LogP contribution in [0.25, 0.3) is 0 Å². The SMILES string of the molecule is CC[C@H]1CCOc2c(C(C)(C)C)cnn2C1. The molecule has 0 N–H and O–H groups in total. The molecule has 1 aromatic heterocycles. The van der Waals surface area contributed by atoms with Gasteiger partial charge in [0.2, 0.25) is 5.88 Å². The Labute approximate surface area is 97.8 Å². The molecule has 0 aliphatic carbocycles. The highest BCUT2D eigenvalue weighted by molar-refractivity contribution is 5.31. The Bertz CT molecular complexity index is 362. The summed E-state index contributed by atoms with van der Waals surface area (Å²) >= 11 is 0. The Morgan fingerprint density at radius 2 is 2.25 bits per heavy atom. The first-order chi connectivity index (χ1) is 7.52. The van der Waals surface area contributed by atoms with Gasteiger partial charge in [-0.15, -0.1) is 0 Å². The summed E-state index contributed by atoms with van der Waals surface area (Å²) in [6.07, 6.45) is 4.31. The first-order valence-electron chi connectivity index (χ1n) is 6.21. The molecule has 0 unspecified atom stereocenters. The Balaban J connectivity index is 2.32. The van der Waals surface area contributed by atoms with Gasteiger partial charge in [0, 0.05) is 12.1 Å². The van der Waals surface area contributed by atoms with Gasteiger partial charge in [-0.05, 0) is 17.8 Å². The highest BCUT2D eigenvalue weighted by Crippen LogP contribution is 2.33. The van der Waals surface area contributed by atoms with Gasteiger partial charge in [-0.1, -0.05) is 34.1 Å². The zero-order valence-electron chi connectivity index (χ0n) is 10.8. The summed E-state index contributed by atoms with van der Waals surface area (Å²) in [6.45, 7) is 10.7. The lowest BCUT2D eigenvalue weighted by atomic mass is 9.89. The molecule has 0 amide bonds. The maximum Gasteiger partial charge on any atom is 0.215 e. The van der Waals surface area contributed by atoms with Crippen molar-refractivity contribution in [2.75, 3.05) is 6.61 Å². The monoisotopic (exact) mass is 222 g/mol. The Hall–Kier alpha value is -0.990. The second-order valence-electron chi connectivity index (χ2n) is 5.71. The van der Waals surface area contributed by atoms with Crippen LogP contribution in [0.1, 0.15) is 46.1 Å². The lowest BCUT2D eigenvalue weighted by Gasteiger charge is -2.18. The van der Waals surface area contributed by atoms with Gasteiger partial charge in [-0.2, -0.15) is 5.10 Å². The molecule has 3 heteroatoms. The Morgan fingerprint density at radius 1 is 1.50 bits per heavy atom. The molecular formula is C13H22N2O. The van der Waals surface area contributed by atoms with Gasteiger partial charge in [-0.25, -0.2) is 4.68 Å². The smallest absolute Gasteiger partial charge is 0.215 e. The topological polar surface area (TPSA) is 27.1 Å². The molecular weight excluding hydrogens is 200 g/mol. The van der Waals surface area contributed by atoms with Crippen LogP contribution in [0.15, 0.2) is 6.20 Å². The van der Waals surface area contributed by atoms with E-state index < -0.39 is 0 Å². The summed E-state index contributed by atoms with van der Waals surface area (Å²) < 4.78 is 7.92. The van der Waals surface area contributed by atoms with Crippen molar-refractivity contribution in [1.29, 1.82) is 0 Å². The van der Waals surface area contributed by atoms with Gasteiger partial charge >= 0.3 is 0 Å². The van der Waals surface area contributed by atoms with Crippen LogP contribution in [0.3, 0.4) is 0 Å². The lowest BCUT2D eigenvalue weighted by Crippen LogP contribution is -2.13. The molecule has 1 aliphatic heterocycles.